The summed E-state index contributed by atoms with van der Waals surface area (Å²) in [4.78, 5) is 11.3. The Labute approximate surface area is 113 Å². The number of sulfonamides is 1. The number of esters is 1. The number of carbonyl (C=O) groups excluding carboxylic acids is 1. The van der Waals surface area contributed by atoms with Crippen molar-refractivity contribution in [1.29, 1.82) is 0 Å². The summed E-state index contributed by atoms with van der Waals surface area (Å²) in [5.41, 5.74) is 5.97. The number of nitrogens with zero attached hydrogens (tertiary/aromatic N) is 1. The van der Waals surface area contributed by atoms with Crippen LogP contribution in [0.15, 0.2) is 23.1 Å². The zero-order chi connectivity index (χ0) is 14.6. The molecule has 0 radical (unpaired) electrons. The number of ether oxygens (including phenoxy) is 1. The molecule has 6 nitrogen and oxygen atoms in total. The minimum Gasteiger partial charge on any atom is -0.465 e. The first kappa shape index (κ1) is 15.5. The van der Waals surface area contributed by atoms with Gasteiger partial charge in [0.15, 0.2) is 0 Å². The minimum absolute atomic E-state index is 0.00361. The van der Waals surface area contributed by atoms with Crippen LogP contribution < -0.4 is 5.73 Å². The lowest BCUT2D eigenvalue weighted by molar-refractivity contribution is 0.0600. The maximum Gasteiger partial charge on any atom is 0.337 e. The predicted molar refractivity (Wildman–Crippen MR) is 72.3 cm³/mol. The van der Waals surface area contributed by atoms with Crippen molar-refractivity contribution in [2.24, 2.45) is 0 Å². The molecule has 0 aliphatic heterocycles. The largest absolute Gasteiger partial charge is 0.465 e. The highest BCUT2D eigenvalue weighted by Crippen LogP contribution is 2.23. The van der Waals surface area contributed by atoms with Crippen LogP contribution in [0.5, 0.6) is 0 Å². The topological polar surface area (TPSA) is 89.7 Å². The maximum atomic E-state index is 12.2. The first-order chi connectivity index (χ1) is 8.84. The summed E-state index contributed by atoms with van der Waals surface area (Å²) in [6, 6.07) is 4.01. The van der Waals surface area contributed by atoms with E-state index >= 15 is 0 Å². The van der Waals surface area contributed by atoms with Crippen LogP contribution in [-0.4, -0.2) is 39.4 Å². The highest BCUT2D eigenvalue weighted by molar-refractivity contribution is 7.89. The highest BCUT2D eigenvalue weighted by Gasteiger charge is 2.23. The first-order valence-electron chi connectivity index (χ1n) is 5.78. The number of rotatable bonds is 5. The first-order valence-corrected chi connectivity index (χ1v) is 7.22. The molecule has 0 aliphatic carbocycles. The molecule has 0 bridgehead atoms. The van der Waals surface area contributed by atoms with Gasteiger partial charge in [-0.1, -0.05) is 6.92 Å². The van der Waals surface area contributed by atoms with Crippen LogP contribution in [-0.2, 0) is 14.8 Å². The SMILES string of the molecule is CCCN(C)S(=O)(=O)c1ccc(C(=O)OC)cc1N. The summed E-state index contributed by atoms with van der Waals surface area (Å²) in [7, 11) is -0.884. The Hall–Kier alpha value is -1.60. The number of nitrogen functional groups attached to an aromatic ring is 1. The van der Waals surface area contributed by atoms with E-state index in [1.165, 1.54) is 36.7 Å². The highest BCUT2D eigenvalue weighted by atomic mass is 32.2. The van der Waals surface area contributed by atoms with Gasteiger partial charge in [0.1, 0.15) is 4.90 Å². The molecule has 0 atom stereocenters. The van der Waals surface area contributed by atoms with Crippen LogP contribution in [0.4, 0.5) is 5.69 Å². The fraction of sp³-hybridized carbons (Fsp3) is 0.417. The second-order valence-electron chi connectivity index (χ2n) is 4.07. The maximum absolute atomic E-state index is 12.2. The molecule has 1 aromatic carbocycles. The fourth-order valence-electron chi connectivity index (χ4n) is 1.63. The summed E-state index contributed by atoms with van der Waals surface area (Å²) in [5, 5.41) is 0. The Bertz CT molecular complexity index is 569. The third-order valence-corrected chi connectivity index (χ3v) is 4.59. The quantitative estimate of drug-likeness (QED) is 0.646. The standard InChI is InChI=1S/C12H18N2O4S/c1-4-7-14(2)19(16,17)11-6-5-9(8-10(11)13)12(15)18-3/h5-6,8H,4,7,13H2,1-3H3. The predicted octanol–water partition coefficient (Wildman–Crippen LogP) is 1.09. The van der Waals surface area contributed by atoms with Gasteiger partial charge in [-0.25, -0.2) is 17.5 Å². The average molecular weight is 286 g/mol. The molecule has 106 valence electrons. The molecule has 0 fully saturated rings. The van der Waals surface area contributed by atoms with E-state index in [1.807, 2.05) is 6.92 Å². The third kappa shape index (κ3) is 3.24. The van der Waals surface area contributed by atoms with Crippen molar-refractivity contribution < 1.29 is 17.9 Å². The zero-order valence-corrected chi connectivity index (χ0v) is 12.0. The number of nitrogens with two attached hydrogens (primary N) is 1. The smallest absolute Gasteiger partial charge is 0.337 e. The van der Waals surface area contributed by atoms with Crippen LogP contribution in [0.25, 0.3) is 0 Å². The number of hydrogen-bond donors (Lipinski definition) is 1. The van der Waals surface area contributed by atoms with Gasteiger partial charge in [-0.2, -0.15) is 0 Å². The number of hydrogen-bond acceptors (Lipinski definition) is 5. The molecule has 0 saturated carbocycles. The lowest BCUT2D eigenvalue weighted by Gasteiger charge is -2.17. The molecule has 0 aliphatic rings. The summed E-state index contributed by atoms with van der Waals surface area (Å²) in [6.07, 6.45) is 0.704. The molecule has 1 rings (SSSR count). The van der Waals surface area contributed by atoms with Crippen LogP contribution in [0.2, 0.25) is 0 Å². The van der Waals surface area contributed by atoms with E-state index in [4.69, 9.17) is 5.73 Å². The summed E-state index contributed by atoms with van der Waals surface area (Å²) in [5.74, 6) is -0.558. The fourth-order valence-corrected chi connectivity index (χ4v) is 2.99. The lowest BCUT2D eigenvalue weighted by Crippen LogP contribution is -2.28. The Balaban J connectivity index is 3.19. The van der Waals surface area contributed by atoms with E-state index < -0.39 is 16.0 Å². The van der Waals surface area contributed by atoms with E-state index in [9.17, 15) is 13.2 Å². The molecule has 0 amide bonds. The van der Waals surface area contributed by atoms with Gasteiger partial charge in [0.05, 0.1) is 18.4 Å². The summed E-state index contributed by atoms with van der Waals surface area (Å²) in [6.45, 7) is 2.29. The van der Waals surface area contributed by atoms with Crippen LogP contribution in [0.3, 0.4) is 0 Å². The number of carbonyl (C=O) groups is 1. The molecule has 19 heavy (non-hydrogen) atoms. The van der Waals surface area contributed by atoms with Crippen molar-refractivity contribution in [3.05, 3.63) is 23.8 Å². The third-order valence-electron chi connectivity index (χ3n) is 2.66. The second kappa shape index (κ2) is 6.03. The Morgan fingerprint density at radius 2 is 2.05 bits per heavy atom. The van der Waals surface area contributed by atoms with Crippen LogP contribution in [0.1, 0.15) is 23.7 Å². The Morgan fingerprint density at radius 3 is 2.53 bits per heavy atom. The summed E-state index contributed by atoms with van der Waals surface area (Å²) < 4.78 is 30.2. The molecule has 0 heterocycles. The molecule has 0 saturated heterocycles. The molecular weight excluding hydrogens is 268 g/mol. The molecule has 2 N–H and O–H groups in total. The molecule has 0 aromatic heterocycles. The van der Waals surface area contributed by atoms with Crippen LogP contribution >= 0.6 is 0 Å². The van der Waals surface area contributed by atoms with E-state index in [0.29, 0.717) is 13.0 Å². The Morgan fingerprint density at radius 1 is 1.42 bits per heavy atom. The van der Waals surface area contributed by atoms with Gasteiger partial charge in [-0.3, -0.25) is 0 Å². The van der Waals surface area contributed by atoms with Crippen molar-refractivity contribution >= 4 is 21.7 Å². The number of benzene rings is 1. The lowest BCUT2D eigenvalue weighted by atomic mass is 10.2. The van der Waals surface area contributed by atoms with Crippen LogP contribution in [0, 0.1) is 0 Å². The van der Waals surface area contributed by atoms with Gasteiger partial charge in [-0.05, 0) is 24.6 Å². The van der Waals surface area contributed by atoms with Gasteiger partial charge in [0.25, 0.3) is 0 Å². The van der Waals surface area contributed by atoms with Gasteiger partial charge in [0, 0.05) is 13.6 Å². The molecule has 7 heteroatoms. The normalized spacial score (nSPS) is 11.6. The molecular formula is C12H18N2O4S. The minimum atomic E-state index is -3.62. The molecule has 1 aromatic rings. The number of anilines is 1. The van der Waals surface area contributed by atoms with Gasteiger partial charge in [-0.15, -0.1) is 0 Å². The monoisotopic (exact) mass is 286 g/mol. The second-order valence-corrected chi connectivity index (χ2v) is 6.08. The molecule has 0 unspecified atom stereocenters. The van der Waals surface area contributed by atoms with Crippen molar-refractivity contribution in [3.63, 3.8) is 0 Å². The van der Waals surface area contributed by atoms with Crippen molar-refractivity contribution in [1.82, 2.24) is 4.31 Å². The van der Waals surface area contributed by atoms with Gasteiger partial charge >= 0.3 is 5.97 Å². The number of methoxy groups -OCH3 is 1. The Kier molecular flexibility index (Phi) is 4.90. The van der Waals surface area contributed by atoms with E-state index in [-0.39, 0.29) is 16.1 Å². The summed E-state index contributed by atoms with van der Waals surface area (Å²) >= 11 is 0. The van der Waals surface area contributed by atoms with Crippen molar-refractivity contribution in [2.75, 3.05) is 26.4 Å². The zero-order valence-electron chi connectivity index (χ0n) is 11.2. The van der Waals surface area contributed by atoms with Crippen molar-refractivity contribution in [2.45, 2.75) is 18.2 Å². The average Bonchev–Trinajstić information content (AvgIpc) is 2.37. The molecule has 0 spiro atoms. The van der Waals surface area contributed by atoms with E-state index in [0.717, 1.165) is 0 Å². The van der Waals surface area contributed by atoms with E-state index in [2.05, 4.69) is 4.74 Å². The van der Waals surface area contributed by atoms with E-state index in [1.54, 1.807) is 0 Å². The van der Waals surface area contributed by atoms with Gasteiger partial charge in [0.2, 0.25) is 10.0 Å². The van der Waals surface area contributed by atoms with Gasteiger partial charge < -0.3 is 10.5 Å². The van der Waals surface area contributed by atoms with Crippen molar-refractivity contribution in [3.8, 4) is 0 Å².